The van der Waals surface area contributed by atoms with Gasteiger partial charge in [-0.2, -0.15) is 0 Å². The summed E-state index contributed by atoms with van der Waals surface area (Å²) in [5, 5.41) is 153. The molecule has 2 unspecified atom stereocenters. The molecule has 133 heavy (non-hydrogen) atoms. The maximum absolute atomic E-state index is 12.7. The number of fused-ring (bicyclic) bond motifs is 2. The molecule has 737 valence electrons. The number of aliphatic imine (C=N–C) groups is 5. The summed E-state index contributed by atoms with van der Waals surface area (Å²) in [6.07, 6.45) is 20.7. The number of nitrogens with zero attached hydrogens (tertiary/aromatic N) is 10. The van der Waals surface area contributed by atoms with Gasteiger partial charge < -0.3 is 105 Å². The largest absolute Gasteiger partial charge is 0.507 e. The van der Waals surface area contributed by atoms with E-state index in [1.54, 1.807) is 100 Å². The van der Waals surface area contributed by atoms with Crippen molar-refractivity contribution >= 4 is 92.5 Å². The van der Waals surface area contributed by atoms with Crippen LogP contribution in [0.1, 0.15) is 239 Å². The number of aliphatic hydroxyl groups is 10. The number of hydrogen-bond donors (Lipinski definition) is 17. The molecule has 0 saturated carbocycles. The van der Waals surface area contributed by atoms with Crippen molar-refractivity contribution in [2.45, 2.75) is 274 Å². The number of unbranched alkanes of at least 4 members (excludes halogenated alkanes) is 15. The third-order valence-electron chi connectivity index (χ3n) is 23.1. The number of benzene rings is 3. The summed E-state index contributed by atoms with van der Waals surface area (Å²) in [5.41, 5.74) is 6.44. The van der Waals surface area contributed by atoms with E-state index < -0.39 is 126 Å². The average Bonchev–Trinajstić information content (AvgIpc) is 0.766. The topological polar surface area (TPSA) is 595 Å². The summed E-state index contributed by atoms with van der Waals surface area (Å²) >= 11 is 0. The summed E-state index contributed by atoms with van der Waals surface area (Å²) in [4.78, 5) is 113. The van der Waals surface area contributed by atoms with Gasteiger partial charge in [-0.05, 0) is 140 Å². The average molecular weight is 2020 g/mol. The van der Waals surface area contributed by atoms with E-state index in [4.69, 9.17) is 25.0 Å². The minimum atomic E-state index is -1.68. The van der Waals surface area contributed by atoms with Gasteiger partial charge in [-0.25, -0.2) is 24.8 Å². The molecule has 0 spiro atoms. The quantitative estimate of drug-likeness (QED) is 0.00732. The number of imide groups is 1. The van der Waals surface area contributed by atoms with Crippen LogP contribution < -0.4 is 26.9 Å². The zero-order valence-corrected chi connectivity index (χ0v) is 78.6. The molecule has 12 atom stereocenters. The van der Waals surface area contributed by atoms with Crippen LogP contribution in [0, 0.1) is 49.2 Å². The number of anilines is 1. The number of carboxylic acid groups (broad SMARTS) is 1. The molecule has 3 aliphatic rings. The number of carboxylic acids is 1. The van der Waals surface area contributed by atoms with Crippen LogP contribution >= 0.6 is 0 Å². The number of para-hydroxylation sites is 2. The summed E-state index contributed by atoms with van der Waals surface area (Å²) in [7, 11) is 5.08. The second kappa shape index (κ2) is 57.6. The van der Waals surface area contributed by atoms with Gasteiger partial charge in [-0.1, -0.05) is 134 Å². The number of phenols is 2. The molecular formula is C95H133LuN13O24. The summed E-state index contributed by atoms with van der Waals surface area (Å²) in [6, 6.07) is 20.1. The van der Waals surface area contributed by atoms with Gasteiger partial charge in [0.05, 0.1) is 29.2 Å². The fourth-order valence-electron chi connectivity index (χ4n) is 15.5. The molecule has 3 aromatic carbocycles. The van der Waals surface area contributed by atoms with Crippen molar-refractivity contribution in [3.8, 4) is 17.2 Å². The number of amides is 4. The number of aliphatic hydroxyl groups excluding tert-OH is 10. The van der Waals surface area contributed by atoms with Crippen molar-refractivity contribution in [3.63, 3.8) is 0 Å². The normalized spacial score (nSPS) is 19.9. The van der Waals surface area contributed by atoms with Crippen LogP contribution in [0.4, 0.5) is 5.69 Å². The first-order chi connectivity index (χ1) is 62.9. The molecule has 3 saturated heterocycles. The second-order valence-electron chi connectivity index (χ2n) is 33.1. The standard InChI is InChI=1S/C43H78N6O13.C18H16N2O3.C16H19NO5.C12H14N2O2.C6H6N2O.Lu/c1-5-6-7-8-9-10-11-12-13-14-15-16-17-18-19-23-34(52)45-26-21-20-22-32(42(58)59)48-35(53)25-24-31(39(44)55)49-40(56)28(2)46-41(57)29(3)61-38-36(47-30(4)51)43(60)62-33(27-50)37(38)54;1-19(12-8-4-3-5-9-12)17(22)15-16(21)13-10-6-7-11-14(13)20(2)18(15)23;1-8-5-10(18)15-12(20)6-11(19)14(16(15)22-8)9-3-4-17(2)7-13(9)21;1-2-12(9-4-7-13-8-5-9)6-3-10(15)14-11(12)16;7-6(9)5-2-1-3-8-4-5;/h28-29,31-33,36-38,43,50,54,60H,5-27H2,1-4H3,(H2,44,55)(H,45,52)(H,46,57)(H,47,51)(H,48,53)(H,49,56)(H,58,59);3-11,21H,1-2H3;5-6,9,13,19-21H,3-4,7H2,1-2H3;4-5,7-8H,2-3,6H2,1H3,(H,14,15,16);1-4H,(H2,7,9);/t28-,29+,31+,32-,33+,36+,37?,38+,43+;;9-,13+;;;/m0.0.../s1. The molecule has 3 fully saturated rings. The Bertz CT molecular complexity index is 5160. The number of aromatic hydroxyl groups is 3. The van der Waals surface area contributed by atoms with Gasteiger partial charge in [0, 0.05) is 150 Å². The molecule has 0 aliphatic carbocycles. The van der Waals surface area contributed by atoms with Gasteiger partial charge in [0.2, 0.25) is 35.4 Å². The van der Waals surface area contributed by atoms with Gasteiger partial charge in [0.15, 0.2) is 35.5 Å². The minimum Gasteiger partial charge on any atom is -0.507 e. The van der Waals surface area contributed by atoms with Crippen LogP contribution in [0.5, 0.6) is 17.2 Å². The molecule has 0 bridgehead atoms. The fraction of sp³-hybridized carbons (Fsp3) is 0.526. The van der Waals surface area contributed by atoms with Crippen LogP contribution in [-0.4, -0.2) is 257 Å². The number of primary amides is 1. The fourth-order valence-corrected chi connectivity index (χ4v) is 15.5. The van der Waals surface area contributed by atoms with Gasteiger partial charge in [-0.15, -0.1) is 0 Å². The number of piperidine rings is 2. The first kappa shape index (κ1) is 113. The third-order valence-corrected chi connectivity index (χ3v) is 23.1. The van der Waals surface area contributed by atoms with E-state index in [-0.39, 0.29) is 119 Å². The molecule has 7 aromatic rings. The first-order valence-electron chi connectivity index (χ1n) is 44.9. The number of aliphatic carboxylic acids is 1. The summed E-state index contributed by atoms with van der Waals surface area (Å²) in [6.45, 7) is 10.6. The summed E-state index contributed by atoms with van der Waals surface area (Å²) in [5.74, 6) is -6.63. The number of phenolic OH excluding ortho intramolecular Hbond substituents is 2. The van der Waals surface area contributed by atoms with E-state index in [2.05, 4.69) is 47.2 Å². The second-order valence-corrected chi connectivity index (χ2v) is 33.1. The SMILES string of the molecule is CCC1(c2ccncc2)CCC(=O)NC1=O.CCCCCCCCCCCCCCCCCC(O)=NCCCC[C@H](N=C(O)CC[C@@H](N=C(O)[C@H](C)N=C(O)[C@@H](C)O[C@H]1C(O)[C@@H](CO)O[C@@H](O)[C@@H]1N=C(C)O)C(=N)O)C(=O)O.CN(C(=O)c1c(O)c2ccccc2n(C)c1=O)c1ccccc1.Cc1cc(=O)c2c(O)cc(O)c([C@H]3CCN(C)C[C@H]3O)c2o1.NC(=O)c1cccnc1.[Lu]. The molecule has 38 heteroatoms. The summed E-state index contributed by atoms with van der Waals surface area (Å²) < 4.78 is 17.8. The van der Waals surface area contributed by atoms with Crippen LogP contribution in [-0.2, 0) is 36.3 Å². The Morgan fingerprint density at radius 1 is 0.729 bits per heavy atom. The third kappa shape index (κ3) is 34.8. The van der Waals surface area contributed by atoms with Crippen molar-refractivity contribution in [1.29, 1.82) is 5.41 Å². The molecule has 10 rings (SSSR count). The molecule has 37 nitrogen and oxygen atoms in total. The molecule has 4 aromatic heterocycles. The number of β-amino-alcohol motifs (C(OH)–C–C–N with tert-alkyl or cyclic N) is 1. The number of rotatable bonds is 41. The van der Waals surface area contributed by atoms with Gasteiger partial charge >= 0.3 is 5.97 Å². The molecule has 7 heterocycles. The van der Waals surface area contributed by atoms with Crippen LogP contribution in [0.3, 0.4) is 0 Å². The van der Waals surface area contributed by atoms with Gasteiger partial charge in [0.25, 0.3) is 11.5 Å². The Labute approximate surface area is 802 Å². The Balaban J connectivity index is 0.000000350. The number of carbonyl (C=O) groups excluding carboxylic acids is 4. The monoisotopic (exact) mass is 2010 g/mol. The molecule has 18 N–H and O–H groups in total. The minimum absolute atomic E-state index is 0. The number of likely N-dealkylation sites (N-methyl/N-ethyl adjacent to an activating group) is 1. The number of pyridine rings is 3. The Kier molecular flexibility index (Phi) is 48.8. The predicted octanol–water partition coefficient (Wildman–Crippen LogP) is 12.1. The predicted molar refractivity (Wildman–Crippen MR) is 503 cm³/mol. The molecule has 4 amide bonds. The number of hydrogen-bond acceptors (Lipinski definition) is 26. The number of nitrogens with one attached hydrogen (secondary N) is 2. The molecular weight excluding hydrogens is 1880 g/mol. The Hall–Kier alpha value is -10.9. The number of ether oxygens (including phenoxy) is 2. The van der Waals surface area contributed by atoms with Crippen molar-refractivity contribution in [3.05, 3.63) is 164 Å². The molecule has 3 aliphatic heterocycles. The number of likely N-dealkylation sites (tertiary alicyclic amines) is 1. The Morgan fingerprint density at radius 3 is 1.92 bits per heavy atom. The smallest absolute Gasteiger partial charge is 0.328 e. The van der Waals surface area contributed by atoms with Crippen molar-refractivity contribution in [2.75, 3.05) is 45.2 Å². The van der Waals surface area contributed by atoms with Gasteiger partial charge in [-0.3, -0.25) is 54.5 Å². The van der Waals surface area contributed by atoms with Crippen LogP contribution in [0.15, 0.2) is 155 Å². The number of aryl methyl sites for hydroxylation is 2. The maximum Gasteiger partial charge on any atom is 0.328 e. The van der Waals surface area contributed by atoms with E-state index in [1.165, 1.54) is 120 Å². The van der Waals surface area contributed by atoms with Crippen molar-refractivity contribution in [1.82, 2.24) is 24.8 Å². The number of carbonyl (C=O) groups is 5. The van der Waals surface area contributed by atoms with E-state index in [0.29, 0.717) is 91.5 Å². The number of aromatic nitrogens is 3. The zero-order valence-electron chi connectivity index (χ0n) is 77.0. The maximum atomic E-state index is 12.7. The number of nitrogens with two attached hydrogens (primary N) is 1. The van der Waals surface area contributed by atoms with E-state index in [0.717, 1.165) is 37.4 Å². The first-order valence-corrected chi connectivity index (χ1v) is 44.9. The van der Waals surface area contributed by atoms with E-state index in [1.807, 2.05) is 37.1 Å². The Morgan fingerprint density at radius 2 is 1.35 bits per heavy atom. The van der Waals surface area contributed by atoms with Crippen molar-refractivity contribution in [2.24, 2.45) is 37.7 Å². The van der Waals surface area contributed by atoms with Gasteiger partial charge in [0.1, 0.15) is 82.1 Å². The van der Waals surface area contributed by atoms with Crippen molar-refractivity contribution < 1.29 is 146 Å². The van der Waals surface area contributed by atoms with E-state index >= 15 is 0 Å². The van der Waals surface area contributed by atoms with E-state index in [9.17, 15) is 105 Å². The van der Waals surface area contributed by atoms with Crippen LogP contribution in [0.2, 0.25) is 0 Å². The van der Waals surface area contributed by atoms with Crippen LogP contribution in [0.25, 0.3) is 21.9 Å². The molecule has 1 radical (unpaired) electrons. The zero-order chi connectivity index (χ0) is 97.3.